The summed E-state index contributed by atoms with van der Waals surface area (Å²) in [6, 6.07) is 11.2. The first-order valence-corrected chi connectivity index (χ1v) is 6.84. The van der Waals surface area contributed by atoms with Crippen LogP contribution in [0, 0.1) is 11.6 Å². The molecule has 0 aromatic heterocycles. The normalized spacial score (nSPS) is 16.3. The Hall–Kier alpha value is -2.60. The van der Waals surface area contributed by atoms with Crippen molar-refractivity contribution >= 4 is 35.0 Å². The second kappa shape index (κ2) is 5.65. The zero-order valence-corrected chi connectivity index (χ0v) is 12.0. The van der Waals surface area contributed by atoms with Crippen LogP contribution in [0.5, 0.6) is 0 Å². The molecule has 3 nitrogen and oxygen atoms in total. The molecule has 1 aliphatic rings. The third-order valence-electron chi connectivity index (χ3n) is 3.14. The lowest BCUT2D eigenvalue weighted by Crippen LogP contribution is -2.30. The molecule has 1 N–H and O–H groups in total. The van der Waals surface area contributed by atoms with Crippen molar-refractivity contribution in [1.82, 2.24) is 5.32 Å². The molecule has 1 saturated heterocycles. The molecule has 3 rings (SSSR count). The minimum absolute atomic E-state index is 0.213. The van der Waals surface area contributed by atoms with Gasteiger partial charge >= 0.3 is 0 Å². The Bertz CT molecular complexity index is 770. The van der Waals surface area contributed by atoms with E-state index in [1.54, 1.807) is 18.2 Å². The van der Waals surface area contributed by atoms with E-state index in [1.165, 1.54) is 41.3 Å². The molecule has 1 fully saturated rings. The lowest BCUT2D eigenvalue weighted by atomic mass is 10.2. The molecule has 1 aliphatic heterocycles. The molecule has 0 bridgehead atoms. The molecule has 0 unspecified atom stereocenters. The Labute approximate surface area is 130 Å². The third-order valence-corrected chi connectivity index (χ3v) is 3.43. The molecule has 2 aromatic rings. The predicted molar refractivity (Wildman–Crippen MR) is 84.0 cm³/mol. The summed E-state index contributed by atoms with van der Waals surface area (Å²) in [5.41, 5.74) is 1.42. The first-order valence-electron chi connectivity index (χ1n) is 6.43. The third kappa shape index (κ3) is 2.73. The van der Waals surface area contributed by atoms with Crippen LogP contribution in [0.25, 0.3) is 6.08 Å². The summed E-state index contributed by atoms with van der Waals surface area (Å²) in [4.78, 5) is 13.7. The summed E-state index contributed by atoms with van der Waals surface area (Å²) in [6.45, 7) is 0. The van der Waals surface area contributed by atoms with Gasteiger partial charge in [0.25, 0.3) is 5.91 Å². The van der Waals surface area contributed by atoms with E-state index in [0.29, 0.717) is 11.3 Å². The zero-order chi connectivity index (χ0) is 15.7. The van der Waals surface area contributed by atoms with Crippen molar-refractivity contribution in [2.45, 2.75) is 0 Å². The lowest BCUT2D eigenvalue weighted by Gasteiger charge is -2.13. The highest BCUT2D eigenvalue weighted by atomic mass is 32.1. The van der Waals surface area contributed by atoms with E-state index >= 15 is 0 Å². The van der Waals surface area contributed by atoms with Crippen LogP contribution in [0.3, 0.4) is 0 Å². The smallest absolute Gasteiger partial charge is 0.281 e. The van der Waals surface area contributed by atoms with E-state index in [4.69, 9.17) is 12.2 Å². The maximum absolute atomic E-state index is 13.0. The Morgan fingerprint density at radius 1 is 0.955 bits per heavy atom. The van der Waals surface area contributed by atoms with Gasteiger partial charge in [-0.2, -0.15) is 0 Å². The number of hydrogen-bond donors (Lipinski definition) is 1. The van der Waals surface area contributed by atoms with Crippen LogP contribution >= 0.6 is 12.2 Å². The van der Waals surface area contributed by atoms with Gasteiger partial charge in [-0.3, -0.25) is 9.69 Å². The van der Waals surface area contributed by atoms with E-state index < -0.39 is 5.82 Å². The Morgan fingerprint density at radius 2 is 1.50 bits per heavy atom. The maximum atomic E-state index is 13.0. The summed E-state index contributed by atoms with van der Waals surface area (Å²) in [7, 11) is 0. The number of nitrogens with one attached hydrogen (secondary N) is 1. The number of carbonyl (C=O) groups excluding carboxylic acids is 1. The highest BCUT2D eigenvalue weighted by Crippen LogP contribution is 2.22. The molecule has 0 atom stereocenters. The molecule has 110 valence electrons. The van der Waals surface area contributed by atoms with Gasteiger partial charge in [-0.25, -0.2) is 8.78 Å². The van der Waals surface area contributed by atoms with E-state index in [2.05, 4.69) is 5.32 Å². The van der Waals surface area contributed by atoms with Gasteiger partial charge in [0.2, 0.25) is 0 Å². The molecule has 0 spiro atoms. The average Bonchev–Trinajstić information content (AvgIpc) is 2.77. The average molecular weight is 316 g/mol. The molecule has 6 heteroatoms. The van der Waals surface area contributed by atoms with Crippen molar-refractivity contribution < 1.29 is 13.6 Å². The van der Waals surface area contributed by atoms with Gasteiger partial charge in [0, 0.05) is 0 Å². The number of nitrogens with zero attached hydrogens (tertiary/aromatic N) is 1. The Balaban J connectivity index is 1.91. The van der Waals surface area contributed by atoms with Gasteiger partial charge in [0.05, 0.1) is 5.69 Å². The van der Waals surface area contributed by atoms with Gasteiger partial charge < -0.3 is 5.32 Å². The van der Waals surface area contributed by atoms with E-state index in [9.17, 15) is 13.6 Å². The molecule has 0 aliphatic carbocycles. The number of thiocarbonyl (C=S) groups is 1. The largest absolute Gasteiger partial charge is 0.327 e. The monoisotopic (exact) mass is 316 g/mol. The first kappa shape index (κ1) is 14.3. The SMILES string of the molecule is O=C1/C(=C\c2ccc(F)cc2)NC(=S)N1c1ccc(F)cc1. The summed E-state index contributed by atoms with van der Waals surface area (Å²) in [5, 5.41) is 3.02. The summed E-state index contributed by atoms with van der Waals surface area (Å²) in [6.07, 6.45) is 1.58. The van der Waals surface area contributed by atoms with E-state index in [0.717, 1.165) is 0 Å². The van der Waals surface area contributed by atoms with Crippen LogP contribution in [-0.2, 0) is 4.79 Å². The Morgan fingerprint density at radius 3 is 2.09 bits per heavy atom. The molecular formula is C16H10F2N2OS. The van der Waals surface area contributed by atoms with Crippen LogP contribution in [0.1, 0.15) is 5.56 Å². The fraction of sp³-hybridized carbons (Fsp3) is 0. The van der Waals surface area contributed by atoms with Crippen molar-refractivity contribution in [2.75, 3.05) is 4.90 Å². The number of rotatable bonds is 2. The fourth-order valence-electron chi connectivity index (χ4n) is 2.09. The van der Waals surface area contributed by atoms with Gasteiger partial charge in [-0.15, -0.1) is 0 Å². The van der Waals surface area contributed by atoms with Gasteiger partial charge in [0.1, 0.15) is 17.3 Å². The lowest BCUT2D eigenvalue weighted by molar-refractivity contribution is -0.113. The van der Waals surface area contributed by atoms with Crippen LogP contribution < -0.4 is 10.2 Å². The van der Waals surface area contributed by atoms with Gasteiger partial charge in [-0.1, -0.05) is 12.1 Å². The first-order chi connectivity index (χ1) is 10.5. The van der Waals surface area contributed by atoms with Crippen LogP contribution in [0.15, 0.2) is 54.2 Å². The molecule has 0 saturated carbocycles. The summed E-state index contributed by atoms with van der Waals surface area (Å²) >= 11 is 5.15. The molecule has 2 aromatic carbocycles. The number of halogens is 2. The fourth-order valence-corrected chi connectivity index (χ4v) is 2.38. The standard InChI is InChI=1S/C16H10F2N2OS/c17-11-3-1-10(2-4-11)9-14-15(21)20(16(22)19-14)13-7-5-12(18)6-8-13/h1-9H,(H,19,22)/b14-9+. The number of benzene rings is 2. The minimum atomic E-state index is -0.392. The highest BCUT2D eigenvalue weighted by molar-refractivity contribution is 7.80. The topological polar surface area (TPSA) is 32.3 Å². The molecule has 0 radical (unpaired) electrons. The number of carbonyl (C=O) groups is 1. The van der Waals surface area contributed by atoms with Crippen molar-refractivity contribution in [3.05, 3.63) is 71.4 Å². The van der Waals surface area contributed by atoms with Crippen LogP contribution in [0.2, 0.25) is 0 Å². The van der Waals surface area contributed by atoms with Crippen molar-refractivity contribution in [2.24, 2.45) is 0 Å². The van der Waals surface area contributed by atoms with Crippen molar-refractivity contribution in [3.63, 3.8) is 0 Å². The minimum Gasteiger partial charge on any atom is -0.327 e. The summed E-state index contributed by atoms with van der Waals surface area (Å²) < 4.78 is 25.9. The van der Waals surface area contributed by atoms with Crippen molar-refractivity contribution in [3.8, 4) is 0 Å². The number of amides is 1. The second-order valence-corrected chi connectivity index (χ2v) is 5.04. The van der Waals surface area contributed by atoms with Crippen LogP contribution in [-0.4, -0.2) is 11.0 Å². The number of hydrogen-bond acceptors (Lipinski definition) is 2. The second-order valence-electron chi connectivity index (χ2n) is 4.66. The molecule has 22 heavy (non-hydrogen) atoms. The van der Waals surface area contributed by atoms with Crippen LogP contribution in [0.4, 0.5) is 14.5 Å². The Kier molecular flexibility index (Phi) is 3.68. The van der Waals surface area contributed by atoms with E-state index in [-0.39, 0.29) is 22.5 Å². The van der Waals surface area contributed by atoms with Gasteiger partial charge in [0.15, 0.2) is 5.11 Å². The number of anilines is 1. The van der Waals surface area contributed by atoms with E-state index in [1.807, 2.05) is 0 Å². The van der Waals surface area contributed by atoms with Gasteiger partial charge in [-0.05, 0) is 60.3 Å². The van der Waals surface area contributed by atoms with Crippen molar-refractivity contribution in [1.29, 1.82) is 0 Å². The molecular weight excluding hydrogens is 306 g/mol. The zero-order valence-electron chi connectivity index (χ0n) is 11.2. The quantitative estimate of drug-likeness (QED) is 0.682. The highest BCUT2D eigenvalue weighted by Gasteiger charge is 2.31. The molecule has 1 heterocycles. The maximum Gasteiger partial charge on any atom is 0.281 e. The predicted octanol–water partition coefficient (Wildman–Crippen LogP) is 3.23. The molecule has 1 amide bonds. The summed E-state index contributed by atoms with van der Waals surface area (Å²) in [5.74, 6) is -1.09.